The summed E-state index contributed by atoms with van der Waals surface area (Å²) >= 11 is 1.54. The minimum absolute atomic E-state index is 0.0737. The van der Waals surface area contributed by atoms with E-state index in [1.165, 1.54) is 19.3 Å². The van der Waals surface area contributed by atoms with E-state index in [1.54, 1.807) is 34.7 Å². The van der Waals surface area contributed by atoms with Gasteiger partial charge in [-0.2, -0.15) is 0 Å². The van der Waals surface area contributed by atoms with E-state index in [-0.39, 0.29) is 5.56 Å². The van der Waals surface area contributed by atoms with Crippen molar-refractivity contribution < 1.29 is 4.42 Å². The first-order chi connectivity index (χ1) is 15.2. The summed E-state index contributed by atoms with van der Waals surface area (Å²) in [6.07, 6.45) is 7.02. The summed E-state index contributed by atoms with van der Waals surface area (Å²) in [5.41, 5.74) is 2.32. The molecular weight excluding hydrogens is 412 g/mol. The molecule has 0 unspecified atom stereocenters. The van der Waals surface area contributed by atoms with Gasteiger partial charge in [-0.15, -0.1) is 10.2 Å². The maximum atomic E-state index is 12.5. The number of aryl methyl sites for hydroxylation is 1. The molecule has 1 fully saturated rings. The van der Waals surface area contributed by atoms with E-state index >= 15 is 0 Å². The Morgan fingerprint density at radius 1 is 1.13 bits per heavy atom. The van der Waals surface area contributed by atoms with Gasteiger partial charge in [0.25, 0.3) is 5.56 Å². The third kappa shape index (κ3) is 4.10. The van der Waals surface area contributed by atoms with Gasteiger partial charge >= 0.3 is 0 Å². The van der Waals surface area contributed by atoms with Crippen LogP contribution in [0.15, 0.2) is 57.2 Å². The maximum Gasteiger partial charge on any atom is 0.258 e. The van der Waals surface area contributed by atoms with E-state index in [1.807, 2.05) is 31.2 Å². The summed E-state index contributed by atoms with van der Waals surface area (Å²) in [6, 6.07) is 9.27. The lowest BCUT2D eigenvalue weighted by molar-refractivity contribution is 0.479. The standard InChI is InChI=1S/C22H24N6O2S/c1-16-7-5-11-27-19(29)13-17(23-20(16)27)15-31-22-25-24-21(26-9-3-2-4-10-26)28(22)14-18-8-6-12-30-18/h5-8,11-13H,2-4,9-10,14-15H2,1H3. The van der Waals surface area contributed by atoms with Gasteiger partial charge in [0.15, 0.2) is 5.16 Å². The predicted octanol–water partition coefficient (Wildman–Crippen LogP) is 3.52. The van der Waals surface area contributed by atoms with Crippen molar-refractivity contribution in [1.82, 2.24) is 24.1 Å². The molecule has 1 aliphatic heterocycles. The number of nitrogens with zero attached hydrogens (tertiary/aromatic N) is 6. The molecular formula is C22H24N6O2S. The molecule has 5 rings (SSSR count). The van der Waals surface area contributed by atoms with Gasteiger partial charge in [-0.3, -0.25) is 13.8 Å². The highest BCUT2D eigenvalue weighted by atomic mass is 32.2. The summed E-state index contributed by atoms with van der Waals surface area (Å²) in [5.74, 6) is 2.27. The van der Waals surface area contributed by atoms with Gasteiger partial charge in [0.2, 0.25) is 5.95 Å². The molecule has 0 aliphatic carbocycles. The molecule has 1 aliphatic rings. The number of rotatable bonds is 6. The molecule has 4 aromatic heterocycles. The molecule has 0 radical (unpaired) electrons. The Morgan fingerprint density at radius 3 is 2.81 bits per heavy atom. The molecule has 4 aromatic rings. The van der Waals surface area contributed by atoms with Gasteiger partial charge in [0.1, 0.15) is 11.4 Å². The largest absolute Gasteiger partial charge is 0.467 e. The number of aromatic nitrogens is 5. The smallest absolute Gasteiger partial charge is 0.258 e. The van der Waals surface area contributed by atoms with Crippen LogP contribution in [-0.2, 0) is 12.3 Å². The van der Waals surface area contributed by atoms with Gasteiger partial charge < -0.3 is 9.32 Å². The fraction of sp³-hybridized carbons (Fsp3) is 0.364. The first-order valence-corrected chi connectivity index (χ1v) is 11.5. The molecule has 0 amide bonds. The Kier molecular flexibility index (Phi) is 5.50. The van der Waals surface area contributed by atoms with Crippen LogP contribution < -0.4 is 10.5 Å². The summed E-state index contributed by atoms with van der Waals surface area (Å²) in [6.45, 7) is 4.51. The zero-order chi connectivity index (χ0) is 21.2. The number of piperidine rings is 1. The van der Waals surface area contributed by atoms with Crippen molar-refractivity contribution in [3.63, 3.8) is 0 Å². The van der Waals surface area contributed by atoms with E-state index in [0.29, 0.717) is 17.9 Å². The molecule has 0 aromatic carbocycles. The second kappa shape index (κ2) is 8.58. The summed E-state index contributed by atoms with van der Waals surface area (Å²) < 4.78 is 9.27. The predicted molar refractivity (Wildman–Crippen MR) is 120 cm³/mol. The first-order valence-electron chi connectivity index (χ1n) is 10.5. The maximum absolute atomic E-state index is 12.5. The molecule has 0 atom stereocenters. The van der Waals surface area contributed by atoms with Crippen molar-refractivity contribution in [2.75, 3.05) is 18.0 Å². The van der Waals surface area contributed by atoms with Crippen molar-refractivity contribution in [3.05, 3.63) is 70.2 Å². The van der Waals surface area contributed by atoms with Crippen LogP contribution in [0.3, 0.4) is 0 Å². The van der Waals surface area contributed by atoms with Crippen LogP contribution in [-0.4, -0.2) is 37.2 Å². The van der Waals surface area contributed by atoms with Crippen LogP contribution in [0.5, 0.6) is 0 Å². The average molecular weight is 437 g/mol. The fourth-order valence-corrected chi connectivity index (χ4v) is 4.76. The molecule has 0 bridgehead atoms. The molecule has 0 spiro atoms. The number of furan rings is 1. The van der Waals surface area contributed by atoms with Crippen molar-refractivity contribution >= 4 is 23.4 Å². The van der Waals surface area contributed by atoms with Crippen LogP contribution in [0.4, 0.5) is 5.95 Å². The Hall–Kier alpha value is -3.07. The lowest BCUT2D eigenvalue weighted by Crippen LogP contribution is -2.32. The zero-order valence-electron chi connectivity index (χ0n) is 17.4. The van der Waals surface area contributed by atoms with Gasteiger partial charge in [0.05, 0.1) is 18.5 Å². The highest BCUT2D eigenvalue weighted by molar-refractivity contribution is 7.98. The number of pyridine rings is 1. The molecule has 0 N–H and O–H groups in total. The fourth-order valence-electron chi connectivity index (χ4n) is 3.93. The third-order valence-corrected chi connectivity index (χ3v) is 6.52. The van der Waals surface area contributed by atoms with Crippen LogP contribution >= 0.6 is 11.8 Å². The molecule has 1 saturated heterocycles. The Labute approximate surface area is 183 Å². The van der Waals surface area contributed by atoms with Crippen LogP contribution in [0.1, 0.15) is 36.3 Å². The van der Waals surface area contributed by atoms with Crippen molar-refractivity contribution in [3.8, 4) is 0 Å². The summed E-state index contributed by atoms with van der Waals surface area (Å²) in [5, 5.41) is 9.77. The van der Waals surface area contributed by atoms with Gasteiger partial charge in [-0.1, -0.05) is 17.8 Å². The quantitative estimate of drug-likeness (QED) is 0.428. The lowest BCUT2D eigenvalue weighted by atomic mass is 10.1. The Balaban J connectivity index is 1.43. The Bertz CT molecular complexity index is 1240. The van der Waals surface area contributed by atoms with E-state index < -0.39 is 0 Å². The van der Waals surface area contributed by atoms with Crippen LogP contribution in [0, 0.1) is 6.92 Å². The number of hydrogen-bond donors (Lipinski definition) is 0. The van der Waals surface area contributed by atoms with Crippen molar-refractivity contribution in [2.24, 2.45) is 0 Å². The third-order valence-electron chi connectivity index (χ3n) is 5.52. The van der Waals surface area contributed by atoms with Gasteiger partial charge in [-0.25, -0.2) is 4.98 Å². The van der Waals surface area contributed by atoms with E-state index in [2.05, 4.69) is 19.7 Å². The summed E-state index contributed by atoms with van der Waals surface area (Å²) in [4.78, 5) is 19.5. The second-order valence-corrected chi connectivity index (χ2v) is 8.70. The van der Waals surface area contributed by atoms with Crippen LogP contribution in [0.2, 0.25) is 0 Å². The summed E-state index contributed by atoms with van der Waals surface area (Å²) in [7, 11) is 0. The second-order valence-electron chi connectivity index (χ2n) is 7.75. The highest BCUT2D eigenvalue weighted by Gasteiger charge is 2.21. The van der Waals surface area contributed by atoms with Crippen molar-refractivity contribution in [2.45, 2.75) is 43.6 Å². The monoisotopic (exact) mass is 436 g/mol. The number of hydrogen-bond acceptors (Lipinski definition) is 7. The SMILES string of the molecule is Cc1cccn2c(=O)cc(CSc3nnc(N4CCCCC4)n3Cc3ccco3)nc12. The molecule has 9 heteroatoms. The zero-order valence-corrected chi connectivity index (χ0v) is 18.2. The van der Waals surface area contributed by atoms with Crippen LogP contribution in [0.25, 0.3) is 5.65 Å². The Morgan fingerprint density at radius 2 is 2.00 bits per heavy atom. The normalized spacial score (nSPS) is 14.4. The van der Waals surface area contributed by atoms with Gasteiger partial charge in [0, 0.05) is 31.1 Å². The minimum atomic E-state index is -0.0737. The lowest BCUT2D eigenvalue weighted by Gasteiger charge is -2.27. The minimum Gasteiger partial charge on any atom is -0.467 e. The average Bonchev–Trinajstić information content (AvgIpc) is 3.44. The topological polar surface area (TPSA) is 81.5 Å². The van der Waals surface area contributed by atoms with E-state index in [4.69, 9.17) is 9.40 Å². The molecule has 5 heterocycles. The number of fused-ring (bicyclic) bond motifs is 1. The van der Waals surface area contributed by atoms with E-state index in [0.717, 1.165) is 41.2 Å². The van der Waals surface area contributed by atoms with Crippen molar-refractivity contribution in [1.29, 1.82) is 0 Å². The van der Waals surface area contributed by atoms with Gasteiger partial charge in [-0.05, 0) is 49.9 Å². The highest BCUT2D eigenvalue weighted by Crippen LogP contribution is 2.27. The molecule has 8 nitrogen and oxygen atoms in total. The first kappa shape index (κ1) is 19.9. The molecule has 160 valence electrons. The number of thioether (sulfide) groups is 1. The molecule has 0 saturated carbocycles. The van der Waals surface area contributed by atoms with E-state index in [9.17, 15) is 4.79 Å². The number of anilines is 1. The molecule has 31 heavy (non-hydrogen) atoms.